The minimum absolute atomic E-state index is 0.0423. The van der Waals surface area contributed by atoms with Gasteiger partial charge in [-0.15, -0.1) is 0 Å². The Morgan fingerprint density at radius 3 is 2.14 bits per heavy atom. The predicted octanol–water partition coefficient (Wildman–Crippen LogP) is 2.27. The Bertz CT molecular complexity index is 1020. The molecule has 0 bridgehead atoms. The summed E-state index contributed by atoms with van der Waals surface area (Å²) in [6, 6.07) is 6.72. The molecule has 154 valence electrons. The van der Waals surface area contributed by atoms with Gasteiger partial charge in [0.1, 0.15) is 5.60 Å². The van der Waals surface area contributed by atoms with E-state index in [4.69, 9.17) is 4.74 Å². The Morgan fingerprint density at radius 2 is 1.62 bits per heavy atom. The van der Waals surface area contributed by atoms with Gasteiger partial charge in [-0.05, 0) is 75.3 Å². The highest BCUT2D eigenvalue weighted by molar-refractivity contribution is 7.89. The van der Waals surface area contributed by atoms with E-state index in [0.717, 1.165) is 5.56 Å². The van der Waals surface area contributed by atoms with Gasteiger partial charge < -0.3 is 10.1 Å². The first-order valence-corrected chi connectivity index (χ1v) is 11.7. The lowest BCUT2D eigenvalue weighted by molar-refractivity contribution is -0.601. The van der Waals surface area contributed by atoms with E-state index >= 15 is 0 Å². The van der Waals surface area contributed by atoms with E-state index in [-0.39, 0.29) is 21.9 Å². The topological polar surface area (TPSA) is 96.9 Å². The summed E-state index contributed by atoms with van der Waals surface area (Å²) in [6.45, 7) is 7.53. The second kappa shape index (κ2) is 4.79. The van der Waals surface area contributed by atoms with Crippen LogP contribution in [0.25, 0.3) is 0 Å². The fraction of sp³-hybridized carbons (Fsp3) is 0.619. The number of rotatable bonds is 5. The number of hydrogen-bond acceptors (Lipinski definition) is 5. The molecule has 1 amide bonds. The lowest BCUT2D eigenvalue weighted by Crippen LogP contribution is -3.15. The number of aryl methyl sites for hydroxylation is 1. The van der Waals surface area contributed by atoms with Gasteiger partial charge in [-0.1, -0.05) is 17.7 Å². The van der Waals surface area contributed by atoms with Gasteiger partial charge in [0.25, 0.3) is 10.0 Å². The number of amides is 1. The van der Waals surface area contributed by atoms with Gasteiger partial charge in [0.2, 0.25) is 0 Å². The molecule has 29 heavy (non-hydrogen) atoms. The van der Waals surface area contributed by atoms with Crippen molar-refractivity contribution in [1.29, 1.82) is 0 Å². The van der Waals surface area contributed by atoms with Gasteiger partial charge >= 0.3 is 6.09 Å². The number of alkyl carbamates (subject to hydrolysis) is 1. The number of sulfonamides is 1. The fourth-order valence-corrected chi connectivity index (χ4v) is 8.37. The van der Waals surface area contributed by atoms with Crippen molar-refractivity contribution in [2.45, 2.75) is 43.7 Å². The van der Waals surface area contributed by atoms with E-state index in [1.165, 1.54) is 0 Å². The second-order valence-corrected chi connectivity index (χ2v) is 12.0. The maximum Gasteiger partial charge on any atom is 0.408 e. The largest absolute Gasteiger partial charge is 0.444 e. The van der Waals surface area contributed by atoms with Crippen LogP contribution >= 0.6 is 0 Å². The minimum atomic E-state index is -3.64. The molecule has 1 aromatic rings. The van der Waals surface area contributed by atoms with E-state index in [1.807, 2.05) is 33.9 Å². The Labute approximate surface area is 170 Å². The number of ether oxygens (including phenoxy) is 1. The van der Waals surface area contributed by atoms with Gasteiger partial charge in [0.15, 0.2) is 0 Å². The summed E-state index contributed by atoms with van der Waals surface area (Å²) in [4.78, 5) is 14.8. The smallest absolute Gasteiger partial charge is 0.408 e. The Kier molecular flexibility index (Phi) is 2.93. The molecule has 0 aliphatic heterocycles. The minimum Gasteiger partial charge on any atom is -0.444 e. The van der Waals surface area contributed by atoms with Crippen molar-refractivity contribution in [1.82, 2.24) is 10.1 Å². The molecule has 0 aromatic heterocycles. The Balaban J connectivity index is 1.11. The molecule has 6 aliphatic carbocycles. The zero-order valence-electron chi connectivity index (χ0n) is 16.8. The highest BCUT2D eigenvalue weighted by atomic mass is 32.2. The summed E-state index contributed by atoms with van der Waals surface area (Å²) < 4.78 is 30.3. The average molecular weight is 416 g/mol. The summed E-state index contributed by atoms with van der Waals surface area (Å²) in [6.07, 6.45) is 1.53. The van der Waals surface area contributed by atoms with E-state index in [2.05, 4.69) is 15.2 Å². The third-order valence-electron chi connectivity index (χ3n) is 8.22. The molecule has 1 aromatic carbocycles. The standard InChI is InChI=1S/C21H25N3O4S/c1-10-5-7-11(8-6-10)29(26,27)24-22-9-20-12-15-13(20)17-14(20)16(12)21(15,17)23-18(25)28-19(2,3)4/h5-9,12-17,24H,1-4H3,(H,23,25). The summed E-state index contributed by atoms with van der Waals surface area (Å²) in [5, 5.41) is 7.31. The van der Waals surface area contributed by atoms with Gasteiger partial charge in [-0.2, -0.15) is 13.5 Å². The summed E-state index contributed by atoms with van der Waals surface area (Å²) >= 11 is 0. The van der Waals surface area contributed by atoms with Crippen LogP contribution in [0.3, 0.4) is 0 Å². The third-order valence-corrected chi connectivity index (χ3v) is 9.46. The molecule has 7 nitrogen and oxygen atoms in total. The van der Waals surface area contributed by atoms with E-state index in [9.17, 15) is 13.2 Å². The van der Waals surface area contributed by atoms with Crippen molar-refractivity contribution in [3.05, 3.63) is 29.8 Å². The first-order valence-electron chi connectivity index (χ1n) is 10.2. The number of benzene rings is 1. The van der Waals surface area contributed by atoms with Crippen molar-refractivity contribution in [2.75, 3.05) is 0 Å². The van der Waals surface area contributed by atoms with Gasteiger partial charge in [-0.25, -0.2) is 9.63 Å². The average Bonchev–Trinajstić information content (AvgIpc) is 2.62. The van der Waals surface area contributed by atoms with Crippen molar-refractivity contribution >= 4 is 22.3 Å². The van der Waals surface area contributed by atoms with E-state index in [1.54, 1.807) is 24.3 Å². The van der Waals surface area contributed by atoms with Crippen molar-refractivity contribution < 1.29 is 17.9 Å². The molecule has 0 heterocycles. The fourth-order valence-electron chi connectivity index (χ4n) is 7.58. The number of carbonyl (C=O) groups excluding carboxylic acids is 1. The monoisotopic (exact) mass is 415 g/mol. The Hall–Kier alpha value is -2.09. The van der Waals surface area contributed by atoms with Crippen LogP contribution in [0, 0.1) is 47.8 Å². The normalized spacial score (nSPS) is 44.4. The lowest BCUT2D eigenvalue weighted by Gasteiger charge is -3.10. The van der Waals surface area contributed by atoms with Crippen molar-refractivity contribution in [3.63, 3.8) is 0 Å². The summed E-state index contributed by atoms with van der Waals surface area (Å²) in [5.41, 5.74) is 0.534. The molecule has 0 atom stereocenters. The van der Waals surface area contributed by atoms with Gasteiger partial charge in [0.05, 0.1) is 10.4 Å². The van der Waals surface area contributed by atoms with Crippen molar-refractivity contribution in [3.8, 4) is 0 Å². The molecule has 7 rings (SSSR count). The Morgan fingerprint density at radius 1 is 1.07 bits per heavy atom. The van der Waals surface area contributed by atoms with Gasteiger partial charge in [0, 0.05) is 11.6 Å². The molecule has 8 heteroatoms. The molecular formula is C21H25N3O4S. The molecule has 2 N–H and O–H groups in total. The zero-order chi connectivity index (χ0) is 20.6. The molecule has 6 saturated carbocycles. The highest BCUT2D eigenvalue weighted by Crippen LogP contribution is 3.06. The third kappa shape index (κ3) is 1.75. The summed E-state index contributed by atoms with van der Waals surface area (Å²) in [5.74, 6) is 3.13. The first kappa shape index (κ1) is 17.7. The molecule has 6 fully saturated rings. The van der Waals surface area contributed by atoms with E-state index in [0.29, 0.717) is 35.5 Å². The van der Waals surface area contributed by atoms with Crippen LogP contribution < -0.4 is 10.1 Å². The first-order chi connectivity index (χ1) is 13.5. The molecule has 0 spiro atoms. The molecule has 6 aliphatic rings. The second-order valence-electron chi connectivity index (χ2n) is 10.4. The highest BCUT2D eigenvalue weighted by Gasteiger charge is 3.10. The van der Waals surface area contributed by atoms with Crippen LogP contribution in [0.15, 0.2) is 34.3 Å². The SMILES string of the molecule is Cc1ccc(S(=O)(=O)NN=CC23C4C5C2C2C3C4C52NC(=O)OC(C)(C)C)cc1. The molecular weight excluding hydrogens is 390 g/mol. The van der Waals surface area contributed by atoms with Crippen LogP contribution in [0.5, 0.6) is 0 Å². The van der Waals surface area contributed by atoms with Crippen LogP contribution in [0.1, 0.15) is 26.3 Å². The maximum atomic E-state index is 12.4. The zero-order valence-corrected chi connectivity index (χ0v) is 17.7. The van der Waals surface area contributed by atoms with Crippen molar-refractivity contribution in [2.24, 2.45) is 46.0 Å². The number of hydrazone groups is 1. The number of nitrogens with one attached hydrogen (secondary N) is 2. The summed E-state index contributed by atoms with van der Waals surface area (Å²) in [7, 11) is -3.64. The maximum absolute atomic E-state index is 12.4. The van der Waals surface area contributed by atoms with Crippen LogP contribution in [-0.4, -0.2) is 31.9 Å². The van der Waals surface area contributed by atoms with E-state index < -0.39 is 15.6 Å². The predicted molar refractivity (Wildman–Crippen MR) is 105 cm³/mol. The van der Waals surface area contributed by atoms with Crippen LogP contribution in [-0.2, 0) is 14.8 Å². The van der Waals surface area contributed by atoms with Crippen LogP contribution in [0.2, 0.25) is 0 Å². The number of hydrogen-bond donors (Lipinski definition) is 2. The van der Waals surface area contributed by atoms with Gasteiger partial charge in [-0.3, -0.25) is 0 Å². The quantitative estimate of drug-likeness (QED) is 0.570. The molecule has 0 saturated heterocycles. The lowest BCUT2D eigenvalue weighted by atomic mass is 8.94. The molecule has 0 unspecified atom stereocenters. The number of nitrogens with zero attached hydrogens (tertiary/aromatic N) is 1. The van der Waals surface area contributed by atoms with Crippen LogP contribution in [0.4, 0.5) is 4.79 Å². The molecule has 0 radical (unpaired) electrons. The number of carbonyl (C=O) groups is 1.